The van der Waals surface area contributed by atoms with Crippen LogP contribution in [0.4, 0.5) is 0 Å². The van der Waals surface area contributed by atoms with E-state index in [9.17, 15) is 4.79 Å². The van der Waals surface area contributed by atoms with Gasteiger partial charge in [-0.2, -0.15) is 0 Å². The van der Waals surface area contributed by atoms with Crippen LogP contribution in [0.15, 0.2) is 4.99 Å². The van der Waals surface area contributed by atoms with Crippen LogP contribution < -0.4 is 0 Å². The van der Waals surface area contributed by atoms with Crippen LogP contribution in [0.3, 0.4) is 0 Å². The van der Waals surface area contributed by atoms with Crippen molar-refractivity contribution in [2.24, 2.45) is 4.99 Å². The maximum atomic E-state index is 10.7. The molecular weight excluding hydrogens is 162 g/mol. The van der Waals surface area contributed by atoms with Crippen molar-refractivity contribution in [2.75, 3.05) is 13.2 Å². The molecule has 3 nitrogen and oxygen atoms in total. The molecule has 0 unspecified atom stereocenters. The predicted molar refractivity (Wildman–Crippen MR) is 45.8 cm³/mol. The molecule has 0 aliphatic heterocycles. The molecule has 0 saturated carbocycles. The maximum absolute atomic E-state index is 10.7. The van der Waals surface area contributed by atoms with E-state index in [2.05, 4.69) is 22.4 Å². The first-order valence-electron chi connectivity index (χ1n) is 3.50. The Labute approximate surface area is 71.5 Å². The molecule has 0 bridgehead atoms. The molecule has 0 N–H and O–H groups in total. The van der Waals surface area contributed by atoms with E-state index in [0.29, 0.717) is 6.61 Å². The summed E-state index contributed by atoms with van der Waals surface area (Å²) in [6, 6.07) is 0. The zero-order valence-electron chi connectivity index (χ0n) is 6.50. The van der Waals surface area contributed by atoms with Gasteiger partial charge in [-0.1, -0.05) is 13.3 Å². The molecule has 0 spiro atoms. The monoisotopic (exact) mass is 173 g/mol. The number of carbonyl (C=O) groups is 1. The lowest BCUT2D eigenvalue weighted by Crippen LogP contribution is -2.08. The first-order chi connectivity index (χ1) is 5.31. The van der Waals surface area contributed by atoms with Gasteiger partial charge < -0.3 is 4.74 Å². The molecular formula is C7H11NO2S. The Morgan fingerprint density at radius 2 is 2.45 bits per heavy atom. The summed E-state index contributed by atoms with van der Waals surface area (Å²) in [6.45, 7) is 2.50. The summed E-state index contributed by atoms with van der Waals surface area (Å²) in [6.07, 6.45) is 1.91. The van der Waals surface area contributed by atoms with E-state index in [1.54, 1.807) is 0 Å². The molecule has 0 rings (SSSR count). The van der Waals surface area contributed by atoms with Crippen molar-refractivity contribution in [3.63, 3.8) is 0 Å². The van der Waals surface area contributed by atoms with Crippen molar-refractivity contribution in [3.8, 4) is 0 Å². The third-order valence-corrected chi connectivity index (χ3v) is 1.16. The first-order valence-corrected chi connectivity index (χ1v) is 3.91. The Hall–Kier alpha value is -0.730. The zero-order valence-corrected chi connectivity index (χ0v) is 7.32. The number of ether oxygens (including phenoxy) is 1. The third kappa shape index (κ3) is 7.16. The molecule has 0 saturated heterocycles. The number of hydrogen-bond donors (Lipinski definition) is 0. The van der Waals surface area contributed by atoms with E-state index in [4.69, 9.17) is 4.74 Å². The molecule has 0 aromatic carbocycles. The van der Waals surface area contributed by atoms with Gasteiger partial charge in [0.05, 0.1) is 11.8 Å². The molecule has 4 heteroatoms. The number of thiocarbonyl (C=S) groups is 1. The second kappa shape index (κ2) is 7.38. The number of esters is 1. The lowest BCUT2D eigenvalue weighted by atomic mass is 10.4. The van der Waals surface area contributed by atoms with Crippen LogP contribution in [0.1, 0.15) is 19.8 Å². The predicted octanol–water partition coefficient (Wildman–Crippen LogP) is 1.43. The quantitative estimate of drug-likeness (QED) is 0.273. The van der Waals surface area contributed by atoms with Crippen molar-refractivity contribution < 1.29 is 9.53 Å². The highest BCUT2D eigenvalue weighted by Gasteiger charge is 1.98. The standard InChI is InChI=1S/C7H11NO2S/c1-2-3-4-10-7(9)5-8-6-11/h2-5H2,1H3. The number of unbranched alkanes of at least 4 members (excludes halogenated alkanes) is 1. The molecule has 11 heavy (non-hydrogen) atoms. The van der Waals surface area contributed by atoms with E-state index in [1.165, 1.54) is 0 Å². The Kier molecular flexibility index (Phi) is 6.89. The van der Waals surface area contributed by atoms with Gasteiger partial charge in [0.25, 0.3) is 0 Å². The van der Waals surface area contributed by atoms with Crippen LogP contribution in [0.2, 0.25) is 0 Å². The fourth-order valence-electron chi connectivity index (χ4n) is 0.473. The highest BCUT2D eigenvalue weighted by molar-refractivity contribution is 7.78. The second-order valence-electron chi connectivity index (χ2n) is 1.98. The lowest BCUT2D eigenvalue weighted by molar-refractivity contribution is -0.141. The number of nitrogens with zero attached hydrogens (tertiary/aromatic N) is 1. The normalized spacial score (nSPS) is 8.45. The third-order valence-electron chi connectivity index (χ3n) is 1.03. The molecule has 0 amide bonds. The number of aliphatic imine (C=N–C) groups is 1. The van der Waals surface area contributed by atoms with Crippen molar-refractivity contribution in [2.45, 2.75) is 19.8 Å². The minimum absolute atomic E-state index is 0.00673. The highest BCUT2D eigenvalue weighted by atomic mass is 32.1. The van der Waals surface area contributed by atoms with Gasteiger partial charge in [-0.25, -0.2) is 4.99 Å². The van der Waals surface area contributed by atoms with Crippen LogP contribution in [0, 0.1) is 0 Å². The Balaban J connectivity index is 3.29. The average Bonchev–Trinajstić information content (AvgIpc) is 2.01. The van der Waals surface area contributed by atoms with Gasteiger partial charge in [-0.15, -0.1) is 0 Å². The molecule has 0 aromatic heterocycles. The second-order valence-corrected chi connectivity index (χ2v) is 2.16. The topological polar surface area (TPSA) is 38.7 Å². The Morgan fingerprint density at radius 1 is 1.73 bits per heavy atom. The summed E-state index contributed by atoms with van der Waals surface area (Å²) >= 11 is 4.28. The van der Waals surface area contributed by atoms with Gasteiger partial charge in [-0.3, -0.25) is 4.79 Å². The zero-order chi connectivity index (χ0) is 8.53. The van der Waals surface area contributed by atoms with Crippen LogP contribution in [0.25, 0.3) is 0 Å². The summed E-state index contributed by atoms with van der Waals surface area (Å²) in [5.41, 5.74) is 0. The van der Waals surface area contributed by atoms with E-state index in [1.807, 2.05) is 6.92 Å². The molecule has 0 radical (unpaired) electrons. The molecule has 0 aliphatic rings. The smallest absolute Gasteiger partial charge is 0.328 e. The van der Waals surface area contributed by atoms with Gasteiger partial charge in [-0.05, 0) is 18.6 Å². The summed E-state index contributed by atoms with van der Waals surface area (Å²) < 4.78 is 4.77. The van der Waals surface area contributed by atoms with Gasteiger partial charge in [0.2, 0.25) is 0 Å². The lowest BCUT2D eigenvalue weighted by Gasteiger charge is -1.99. The van der Waals surface area contributed by atoms with Crippen LogP contribution in [-0.2, 0) is 9.53 Å². The summed E-state index contributed by atoms with van der Waals surface area (Å²) in [4.78, 5) is 14.1. The van der Waals surface area contributed by atoms with Gasteiger partial charge in [0, 0.05) is 0 Å². The fourth-order valence-corrected chi connectivity index (χ4v) is 0.537. The van der Waals surface area contributed by atoms with Crippen molar-refractivity contribution in [1.29, 1.82) is 0 Å². The van der Waals surface area contributed by atoms with Crippen LogP contribution >= 0.6 is 12.2 Å². The number of isothiocyanates is 1. The minimum Gasteiger partial charge on any atom is -0.464 e. The van der Waals surface area contributed by atoms with Gasteiger partial charge in [0.15, 0.2) is 0 Å². The van der Waals surface area contributed by atoms with Crippen molar-refractivity contribution in [3.05, 3.63) is 0 Å². The highest BCUT2D eigenvalue weighted by Crippen LogP contribution is 1.88. The Bertz CT molecular complexity index is 164. The number of rotatable bonds is 5. The maximum Gasteiger partial charge on any atom is 0.328 e. The van der Waals surface area contributed by atoms with Crippen molar-refractivity contribution in [1.82, 2.24) is 0 Å². The minimum atomic E-state index is -0.337. The van der Waals surface area contributed by atoms with Crippen LogP contribution in [-0.4, -0.2) is 24.3 Å². The SMILES string of the molecule is CCCCOC(=O)CN=C=S. The molecule has 0 aliphatic carbocycles. The molecule has 0 fully saturated rings. The first kappa shape index (κ1) is 10.3. The molecule has 0 atom stereocenters. The number of carbonyl (C=O) groups excluding carboxylic acids is 1. The van der Waals surface area contributed by atoms with E-state index < -0.39 is 0 Å². The summed E-state index contributed by atoms with van der Waals surface area (Å²) in [5, 5.41) is 2.10. The van der Waals surface area contributed by atoms with Gasteiger partial charge >= 0.3 is 5.97 Å². The fraction of sp³-hybridized carbons (Fsp3) is 0.714. The molecule has 62 valence electrons. The average molecular weight is 173 g/mol. The summed E-state index contributed by atoms with van der Waals surface area (Å²) in [5.74, 6) is -0.337. The van der Waals surface area contributed by atoms with E-state index >= 15 is 0 Å². The van der Waals surface area contributed by atoms with Crippen molar-refractivity contribution >= 4 is 23.3 Å². The van der Waals surface area contributed by atoms with Crippen LogP contribution in [0.5, 0.6) is 0 Å². The Morgan fingerprint density at radius 3 is 3.00 bits per heavy atom. The van der Waals surface area contributed by atoms with E-state index in [0.717, 1.165) is 12.8 Å². The van der Waals surface area contributed by atoms with E-state index in [-0.39, 0.29) is 12.5 Å². The summed E-state index contributed by atoms with van der Waals surface area (Å²) in [7, 11) is 0. The largest absolute Gasteiger partial charge is 0.464 e. The molecule has 0 aromatic rings. The number of hydrogen-bond acceptors (Lipinski definition) is 4. The molecule has 0 heterocycles. The van der Waals surface area contributed by atoms with Gasteiger partial charge in [0.1, 0.15) is 6.54 Å².